The number of aromatic nitrogens is 1. The van der Waals surface area contributed by atoms with E-state index < -0.39 is 0 Å². The predicted molar refractivity (Wildman–Crippen MR) is 73.2 cm³/mol. The summed E-state index contributed by atoms with van der Waals surface area (Å²) in [5.41, 5.74) is 3.04. The highest BCUT2D eigenvalue weighted by molar-refractivity contribution is 5.59. The van der Waals surface area contributed by atoms with E-state index in [0.717, 1.165) is 22.8 Å². The SMILES string of the molecule is Cc1ccc(Oc2ccc(-c3ccon3)cc2)cc1. The molecule has 94 valence electrons. The molecule has 0 spiro atoms. The summed E-state index contributed by atoms with van der Waals surface area (Å²) >= 11 is 0. The van der Waals surface area contributed by atoms with Crippen LogP contribution in [0.15, 0.2) is 65.4 Å². The fourth-order valence-electron chi connectivity index (χ4n) is 1.80. The van der Waals surface area contributed by atoms with Gasteiger partial charge in [0.25, 0.3) is 0 Å². The lowest BCUT2D eigenvalue weighted by atomic mass is 10.1. The molecule has 3 heteroatoms. The van der Waals surface area contributed by atoms with Crippen molar-refractivity contribution in [2.75, 3.05) is 0 Å². The van der Waals surface area contributed by atoms with Gasteiger partial charge in [-0.3, -0.25) is 0 Å². The third kappa shape index (κ3) is 2.65. The fraction of sp³-hybridized carbons (Fsp3) is 0.0625. The van der Waals surface area contributed by atoms with Crippen LogP contribution in [-0.2, 0) is 0 Å². The third-order valence-electron chi connectivity index (χ3n) is 2.84. The Labute approximate surface area is 111 Å². The minimum Gasteiger partial charge on any atom is -0.457 e. The van der Waals surface area contributed by atoms with Crippen LogP contribution in [0.2, 0.25) is 0 Å². The zero-order valence-corrected chi connectivity index (χ0v) is 10.5. The summed E-state index contributed by atoms with van der Waals surface area (Å²) in [6, 6.07) is 17.6. The Kier molecular flexibility index (Phi) is 3.02. The number of aryl methyl sites for hydroxylation is 1. The molecule has 0 bridgehead atoms. The second-order valence-corrected chi connectivity index (χ2v) is 4.32. The van der Waals surface area contributed by atoms with E-state index in [1.807, 2.05) is 54.6 Å². The van der Waals surface area contributed by atoms with E-state index in [1.54, 1.807) is 6.26 Å². The standard InChI is InChI=1S/C16H13NO2/c1-12-2-6-14(7-3-12)19-15-8-4-13(5-9-15)16-10-11-18-17-16/h2-11H,1H3. The van der Waals surface area contributed by atoms with E-state index in [1.165, 1.54) is 5.56 Å². The molecular formula is C16H13NO2. The quantitative estimate of drug-likeness (QED) is 0.690. The molecule has 0 radical (unpaired) electrons. The minimum atomic E-state index is 0.802. The van der Waals surface area contributed by atoms with Crippen molar-refractivity contribution < 1.29 is 9.26 Å². The maximum atomic E-state index is 5.76. The zero-order chi connectivity index (χ0) is 13.1. The number of rotatable bonds is 3. The molecule has 2 aromatic carbocycles. The minimum absolute atomic E-state index is 0.802. The van der Waals surface area contributed by atoms with Gasteiger partial charge in [0.2, 0.25) is 0 Å². The molecule has 0 aliphatic carbocycles. The first-order valence-electron chi connectivity index (χ1n) is 6.06. The summed E-state index contributed by atoms with van der Waals surface area (Å²) in [5.74, 6) is 1.64. The Bertz CT molecular complexity index is 640. The second kappa shape index (κ2) is 4.98. The van der Waals surface area contributed by atoms with E-state index >= 15 is 0 Å². The van der Waals surface area contributed by atoms with Crippen LogP contribution in [0.1, 0.15) is 5.56 Å². The molecule has 0 saturated carbocycles. The van der Waals surface area contributed by atoms with E-state index in [2.05, 4.69) is 12.1 Å². The first-order chi connectivity index (χ1) is 9.31. The van der Waals surface area contributed by atoms with E-state index in [4.69, 9.17) is 9.26 Å². The fourth-order valence-corrected chi connectivity index (χ4v) is 1.80. The molecule has 3 rings (SSSR count). The van der Waals surface area contributed by atoms with E-state index in [0.29, 0.717) is 0 Å². The van der Waals surface area contributed by atoms with Crippen molar-refractivity contribution in [1.82, 2.24) is 5.16 Å². The maximum absolute atomic E-state index is 5.76. The first-order valence-corrected chi connectivity index (χ1v) is 6.06. The molecule has 3 aromatic rings. The number of ether oxygens (including phenoxy) is 1. The van der Waals surface area contributed by atoms with Gasteiger partial charge in [0, 0.05) is 11.6 Å². The Morgan fingerprint density at radius 1 is 0.842 bits per heavy atom. The lowest BCUT2D eigenvalue weighted by Gasteiger charge is -2.06. The molecular weight excluding hydrogens is 238 g/mol. The Hall–Kier alpha value is -2.55. The molecule has 1 aromatic heterocycles. The van der Waals surface area contributed by atoms with Crippen LogP contribution in [0.4, 0.5) is 0 Å². The largest absolute Gasteiger partial charge is 0.457 e. The van der Waals surface area contributed by atoms with Gasteiger partial charge in [-0.05, 0) is 43.3 Å². The molecule has 19 heavy (non-hydrogen) atoms. The topological polar surface area (TPSA) is 35.3 Å². The number of benzene rings is 2. The number of nitrogens with zero attached hydrogens (tertiary/aromatic N) is 1. The van der Waals surface area contributed by atoms with Crippen molar-refractivity contribution in [3.8, 4) is 22.8 Å². The molecule has 0 unspecified atom stereocenters. The molecule has 0 N–H and O–H groups in total. The predicted octanol–water partition coefficient (Wildman–Crippen LogP) is 4.44. The Morgan fingerprint density at radius 3 is 2.05 bits per heavy atom. The molecule has 0 fully saturated rings. The van der Waals surface area contributed by atoms with E-state index in [9.17, 15) is 0 Å². The van der Waals surface area contributed by atoms with Gasteiger partial charge in [-0.1, -0.05) is 22.9 Å². The van der Waals surface area contributed by atoms with Gasteiger partial charge >= 0.3 is 0 Å². The second-order valence-electron chi connectivity index (χ2n) is 4.32. The highest BCUT2D eigenvalue weighted by Crippen LogP contribution is 2.25. The van der Waals surface area contributed by atoms with Crippen molar-refractivity contribution in [3.05, 3.63) is 66.4 Å². The maximum Gasteiger partial charge on any atom is 0.127 e. The zero-order valence-electron chi connectivity index (χ0n) is 10.5. The molecule has 0 saturated heterocycles. The molecule has 3 nitrogen and oxygen atoms in total. The normalized spacial score (nSPS) is 10.4. The van der Waals surface area contributed by atoms with Gasteiger partial charge in [-0.2, -0.15) is 0 Å². The summed E-state index contributed by atoms with van der Waals surface area (Å²) in [6.07, 6.45) is 1.56. The monoisotopic (exact) mass is 251 g/mol. The first kappa shape index (κ1) is 11.5. The Balaban J connectivity index is 1.77. The Morgan fingerprint density at radius 2 is 1.47 bits per heavy atom. The van der Waals surface area contributed by atoms with Gasteiger partial charge in [0.05, 0.1) is 0 Å². The van der Waals surface area contributed by atoms with Crippen LogP contribution < -0.4 is 4.74 Å². The van der Waals surface area contributed by atoms with Gasteiger partial charge in [0.15, 0.2) is 0 Å². The highest BCUT2D eigenvalue weighted by atomic mass is 16.5. The number of hydrogen-bond acceptors (Lipinski definition) is 3. The van der Waals surface area contributed by atoms with Gasteiger partial charge in [0.1, 0.15) is 23.5 Å². The number of hydrogen-bond donors (Lipinski definition) is 0. The summed E-state index contributed by atoms with van der Waals surface area (Å²) in [4.78, 5) is 0. The third-order valence-corrected chi connectivity index (χ3v) is 2.84. The van der Waals surface area contributed by atoms with Gasteiger partial charge < -0.3 is 9.26 Å². The van der Waals surface area contributed by atoms with Crippen molar-refractivity contribution in [2.24, 2.45) is 0 Å². The van der Waals surface area contributed by atoms with Gasteiger partial charge in [-0.25, -0.2) is 0 Å². The van der Waals surface area contributed by atoms with Crippen LogP contribution >= 0.6 is 0 Å². The van der Waals surface area contributed by atoms with Crippen LogP contribution in [0.25, 0.3) is 11.3 Å². The molecule has 0 aliphatic heterocycles. The van der Waals surface area contributed by atoms with Crippen molar-refractivity contribution in [1.29, 1.82) is 0 Å². The average molecular weight is 251 g/mol. The molecule has 0 atom stereocenters. The molecule has 0 amide bonds. The summed E-state index contributed by atoms with van der Waals surface area (Å²) in [7, 11) is 0. The van der Waals surface area contributed by atoms with E-state index in [-0.39, 0.29) is 0 Å². The van der Waals surface area contributed by atoms with Crippen molar-refractivity contribution >= 4 is 0 Å². The summed E-state index contributed by atoms with van der Waals surface area (Å²) < 4.78 is 10.6. The lowest BCUT2D eigenvalue weighted by molar-refractivity contribution is 0.422. The van der Waals surface area contributed by atoms with Gasteiger partial charge in [-0.15, -0.1) is 0 Å². The molecule has 1 heterocycles. The summed E-state index contributed by atoms with van der Waals surface area (Å²) in [6.45, 7) is 2.05. The van der Waals surface area contributed by atoms with Crippen molar-refractivity contribution in [3.63, 3.8) is 0 Å². The van der Waals surface area contributed by atoms with Crippen LogP contribution in [0, 0.1) is 6.92 Å². The lowest BCUT2D eigenvalue weighted by Crippen LogP contribution is -1.84. The van der Waals surface area contributed by atoms with Crippen molar-refractivity contribution in [2.45, 2.75) is 6.92 Å². The highest BCUT2D eigenvalue weighted by Gasteiger charge is 2.02. The average Bonchev–Trinajstić information content (AvgIpc) is 2.96. The summed E-state index contributed by atoms with van der Waals surface area (Å²) in [5, 5.41) is 3.89. The van der Waals surface area contributed by atoms with Crippen LogP contribution in [0.3, 0.4) is 0 Å². The van der Waals surface area contributed by atoms with Crippen LogP contribution in [-0.4, -0.2) is 5.16 Å². The smallest absolute Gasteiger partial charge is 0.127 e. The van der Waals surface area contributed by atoms with Crippen LogP contribution in [0.5, 0.6) is 11.5 Å². The molecule has 0 aliphatic rings.